The highest BCUT2D eigenvalue weighted by Crippen LogP contribution is 2.39. The van der Waals surface area contributed by atoms with E-state index in [0.29, 0.717) is 6.61 Å². The maximum Gasteiger partial charge on any atom is 0.170 e. The second-order valence-corrected chi connectivity index (χ2v) is 8.39. The number of methoxy groups -OCH3 is 1. The van der Waals surface area contributed by atoms with E-state index in [1.807, 2.05) is 18.3 Å². The summed E-state index contributed by atoms with van der Waals surface area (Å²) in [7, 11) is 1.74. The van der Waals surface area contributed by atoms with Crippen molar-refractivity contribution < 1.29 is 4.74 Å². The number of hydrogen-bond acceptors (Lipinski definition) is 3. The number of fused-ring (bicyclic) bond motifs is 1. The molecule has 6 heteroatoms. The molecular weight excluding hydrogens is 416 g/mol. The standard InChI is InChI=1S/C26H26N4OS/c1-31-17-7-16-30-25(24(28-26(30)32)22-10-4-5-14-27-22)23-11-6-15-29(23)21-13-12-19-8-2-3-9-20(19)18-21/h2-6,8-15,18,24-25H,7,16-17H2,1H3,(H,28,32)/t24-,25+/m1/s1. The Bertz CT molecular complexity index is 1220. The smallest absolute Gasteiger partial charge is 0.170 e. The van der Waals surface area contributed by atoms with Gasteiger partial charge in [-0.3, -0.25) is 4.98 Å². The Kier molecular flexibility index (Phi) is 5.88. The fourth-order valence-electron chi connectivity index (χ4n) is 4.54. The van der Waals surface area contributed by atoms with Crippen LogP contribution in [0.4, 0.5) is 0 Å². The van der Waals surface area contributed by atoms with Gasteiger partial charge in [0.1, 0.15) is 0 Å². The Morgan fingerprint density at radius 3 is 2.66 bits per heavy atom. The third-order valence-electron chi connectivity index (χ3n) is 6.04. The second-order valence-electron chi connectivity index (χ2n) is 8.00. The molecule has 5 rings (SSSR count). The van der Waals surface area contributed by atoms with Crippen LogP contribution in [0.5, 0.6) is 0 Å². The minimum Gasteiger partial charge on any atom is -0.385 e. The van der Waals surface area contributed by atoms with E-state index < -0.39 is 0 Å². The average Bonchev–Trinajstić information content (AvgIpc) is 3.44. The summed E-state index contributed by atoms with van der Waals surface area (Å²) in [6.07, 6.45) is 4.87. The summed E-state index contributed by atoms with van der Waals surface area (Å²) in [5.74, 6) is 0. The van der Waals surface area contributed by atoms with Crippen LogP contribution in [0.1, 0.15) is 29.9 Å². The SMILES string of the molecule is COCCCN1C(=S)N[C@H](c2ccccn2)[C@@H]1c1cccn1-c1ccc2ccccc2c1. The molecule has 1 N–H and O–H groups in total. The van der Waals surface area contributed by atoms with E-state index in [4.69, 9.17) is 17.0 Å². The van der Waals surface area contributed by atoms with Crippen molar-refractivity contribution in [2.24, 2.45) is 0 Å². The van der Waals surface area contributed by atoms with Crippen LogP contribution in [0.15, 0.2) is 85.2 Å². The highest BCUT2D eigenvalue weighted by Gasteiger charge is 2.40. The number of benzene rings is 2. The van der Waals surface area contributed by atoms with Crippen molar-refractivity contribution in [1.29, 1.82) is 0 Å². The Hall–Kier alpha value is -3.22. The van der Waals surface area contributed by atoms with Crippen LogP contribution in [-0.4, -0.2) is 39.8 Å². The van der Waals surface area contributed by atoms with Gasteiger partial charge in [-0.15, -0.1) is 0 Å². The van der Waals surface area contributed by atoms with Crippen molar-refractivity contribution in [3.8, 4) is 5.69 Å². The van der Waals surface area contributed by atoms with Crippen LogP contribution in [0.25, 0.3) is 16.5 Å². The van der Waals surface area contributed by atoms with Gasteiger partial charge in [-0.2, -0.15) is 0 Å². The highest BCUT2D eigenvalue weighted by atomic mass is 32.1. The minimum atomic E-state index is -0.0275. The van der Waals surface area contributed by atoms with Gasteiger partial charge < -0.3 is 19.5 Å². The van der Waals surface area contributed by atoms with Gasteiger partial charge >= 0.3 is 0 Å². The van der Waals surface area contributed by atoms with Gasteiger partial charge in [0.25, 0.3) is 0 Å². The quantitative estimate of drug-likeness (QED) is 0.321. The first kappa shape index (κ1) is 20.7. The summed E-state index contributed by atoms with van der Waals surface area (Å²) in [5.41, 5.74) is 3.30. The van der Waals surface area contributed by atoms with Crippen molar-refractivity contribution >= 4 is 28.1 Å². The van der Waals surface area contributed by atoms with Crippen LogP contribution < -0.4 is 5.32 Å². The van der Waals surface area contributed by atoms with Gasteiger partial charge in [0, 0.05) is 44.0 Å². The molecule has 0 amide bonds. The molecule has 0 unspecified atom stereocenters. The van der Waals surface area contributed by atoms with Gasteiger partial charge in [0.2, 0.25) is 0 Å². The Morgan fingerprint density at radius 1 is 1.00 bits per heavy atom. The molecule has 4 aromatic rings. The number of pyridine rings is 1. The first-order valence-corrected chi connectivity index (χ1v) is 11.3. The molecule has 0 radical (unpaired) electrons. The van der Waals surface area contributed by atoms with E-state index in [1.165, 1.54) is 16.5 Å². The third-order valence-corrected chi connectivity index (χ3v) is 6.39. The largest absolute Gasteiger partial charge is 0.385 e. The van der Waals surface area contributed by atoms with Crippen molar-refractivity contribution in [1.82, 2.24) is 19.8 Å². The molecule has 3 heterocycles. The molecule has 0 spiro atoms. The Balaban J connectivity index is 1.58. The van der Waals surface area contributed by atoms with Crippen molar-refractivity contribution in [2.75, 3.05) is 20.3 Å². The molecule has 1 aliphatic heterocycles. The van der Waals surface area contributed by atoms with Crippen molar-refractivity contribution in [3.05, 3.63) is 96.6 Å². The molecule has 0 bridgehead atoms. The molecule has 1 saturated heterocycles. The monoisotopic (exact) mass is 442 g/mol. The van der Waals surface area contributed by atoms with Crippen LogP contribution >= 0.6 is 12.2 Å². The van der Waals surface area contributed by atoms with Crippen LogP contribution in [0.3, 0.4) is 0 Å². The topological polar surface area (TPSA) is 42.3 Å². The first-order valence-electron chi connectivity index (χ1n) is 10.9. The number of rotatable bonds is 7. The molecule has 2 aromatic heterocycles. The van der Waals surface area contributed by atoms with Crippen LogP contribution in [0, 0.1) is 0 Å². The van der Waals surface area contributed by atoms with E-state index in [9.17, 15) is 0 Å². The predicted octanol–water partition coefficient (Wildman–Crippen LogP) is 5.03. The van der Waals surface area contributed by atoms with E-state index in [0.717, 1.165) is 29.5 Å². The summed E-state index contributed by atoms with van der Waals surface area (Å²) in [5, 5.41) is 6.75. The third kappa shape index (κ3) is 3.87. The maximum absolute atomic E-state index is 5.78. The van der Waals surface area contributed by atoms with Crippen molar-refractivity contribution in [3.63, 3.8) is 0 Å². The number of nitrogens with one attached hydrogen (secondary N) is 1. The molecule has 32 heavy (non-hydrogen) atoms. The van der Waals surface area contributed by atoms with E-state index in [1.54, 1.807) is 7.11 Å². The number of thiocarbonyl (C=S) groups is 1. The Labute approximate surface area is 193 Å². The fraction of sp³-hybridized carbons (Fsp3) is 0.231. The number of nitrogens with zero attached hydrogens (tertiary/aromatic N) is 3. The molecule has 162 valence electrons. The zero-order valence-corrected chi connectivity index (χ0v) is 18.8. The van der Waals surface area contributed by atoms with Crippen molar-refractivity contribution in [2.45, 2.75) is 18.5 Å². The van der Waals surface area contributed by atoms with Gasteiger partial charge in [-0.05, 0) is 65.8 Å². The molecule has 2 atom stereocenters. The predicted molar refractivity (Wildman–Crippen MR) is 132 cm³/mol. The van der Waals surface area contributed by atoms with Gasteiger partial charge in [0.05, 0.1) is 17.8 Å². The number of hydrogen-bond donors (Lipinski definition) is 1. The minimum absolute atomic E-state index is 0.0238. The van der Waals surface area contributed by atoms with E-state index in [-0.39, 0.29) is 12.1 Å². The molecule has 5 nitrogen and oxygen atoms in total. The second kappa shape index (κ2) is 9.10. The van der Waals surface area contributed by atoms with E-state index in [2.05, 4.69) is 86.6 Å². The van der Waals surface area contributed by atoms with E-state index >= 15 is 0 Å². The fourth-order valence-corrected chi connectivity index (χ4v) is 4.88. The molecule has 1 aliphatic rings. The zero-order valence-electron chi connectivity index (χ0n) is 18.0. The average molecular weight is 443 g/mol. The zero-order chi connectivity index (χ0) is 21.9. The molecular formula is C26H26N4OS. The number of ether oxygens (including phenoxy) is 1. The molecule has 1 fully saturated rings. The summed E-state index contributed by atoms with van der Waals surface area (Å²) < 4.78 is 7.57. The summed E-state index contributed by atoms with van der Waals surface area (Å²) in [6.45, 7) is 1.52. The molecule has 0 saturated carbocycles. The Morgan fingerprint density at radius 2 is 1.84 bits per heavy atom. The lowest BCUT2D eigenvalue weighted by Crippen LogP contribution is -2.32. The lowest BCUT2D eigenvalue weighted by atomic mass is 10.0. The lowest BCUT2D eigenvalue weighted by Gasteiger charge is -2.29. The van der Waals surface area contributed by atoms with Crippen LogP contribution in [-0.2, 0) is 4.74 Å². The van der Waals surface area contributed by atoms with Gasteiger partial charge in [-0.1, -0.05) is 36.4 Å². The number of aromatic nitrogens is 2. The van der Waals surface area contributed by atoms with Gasteiger partial charge in [-0.25, -0.2) is 0 Å². The highest BCUT2D eigenvalue weighted by molar-refractivity contribution is 7.80. The van der Waals surface area contributed by atoms with Gasteiger partial charge in [0.15, 0.2) is 5.11 Å². The lowest BCUT2D eigenvalue weighted by molar-refractivity contribution is 0.180. The molecule has 0 aliphatic carbocycles. The summed E-state index contributed by atoms with van der Waals surface area (Å²) >= 11 is 5.78. The summed E-state index contributed by atoms with van der Waals surface area (Å²) in [6, 6.07) is 25.4. The first-order chi connectivity index (χ1) is 15.8. The maximum atomic E-state index is 5.78. The van der Waals surface area contributed by atoms with Crippen LogP contribution in [0.2, 0.25) is 0 Å². The normalized spacial score (nSPS) is 18.3. The summed E-state index contributed by atoms with van der Waals surface area (Å²) in [4.78, 5) is 6.93. The molecule has 2 aromatic carbocycles.